The zero-order valence-corrected chi connectivity index (χ0v) is 16.1. The van der Waals surface area contributed by atoms with E-state index in [1.54, 1.807) is 4.90 Å². The molecule has 0 N–H and O–H groups in total. The number of benzene rings is 1. The Morgan fingerprint density at radius 1 is 1.36 bits per heavy atom. The minimum Gasteiger partial charge on any atom is -0.377 e. The Hall–Kier alpha value is -1.44. The number of carbonyl (C=O) groups excluding carboxylic acids is 1. The highest BCUT2D eigenvalue weighted by Crippen LogP contribution is 2.18. The fourth-order valence-electron chi connectivity index (χ4n) is 3.06. The molecule has 140 valence electrons. The highest BCUT2D eigenvalue weighted by molar-refractivity contribution is 7.88. The number of ether oxygens (including phenoxy) is 1. The number of nitrogens with zero attached hydrogens (tertiary/aromatic N) is 2. The van der Waals surface area contributed by atoms with E-state index in [-0.39, 0.29) is 25.0 Å². The highest BCUT2D eigenvalue weighted by atomic mass is 32.2. The first-order valence-electron chi connectivity index (χ1n) is 8.75. The van der Waals surface area contributed by atoms with Crippen LogP contribution in [0.1, 0.15) is 31.7 Å². The minimum absolute atomic E-state index is 0.0659. The van der Waals surface area contributed by atoms with E-state index in [9.17, 15) is 13.2 Å². The second-order valence-electron chi connectivity index (χ2n) is 6.48. The average Bonchev–Trinajstić information content (AvgIpc) is 3.04. The molecule has 1 unspecified atom stereocenters. The lowest BCUT2D eigenvalue weighted by molar-refractivity contribution is -0.118. The van der Waals surface area contributed by atoms with Crippen molar-refractivity contribution in [3.8, 4) is 0 Å². The van der Waals surface area contributed by atoms with E-state index in [4.69, 9.17) is 4.74 Å². The second kappa shape index (κ2) is 8.78. The Labute approximate surface area is 150 Å². The molecule has 0 aromatic heterocycles. The van der Waals surface area contributed by atoms with Crippen molar-refractivity contribution in [2.45, 2.75) is 39.2 Å². The molecule has 1 fully saturated rings. The molecule has 2 rings (SSSR count). The summed E-state index contributed by atoms with van der Waals surface area (Å²) < 4.78 is 31.0. The van der Waals surface area contributed by atoms with Gasteiger partial charge in [-0.2, -0.15) is 4.31 Å². The molecule has 0 spiro atoms. The highest BCUT2D eigenvalue weighted by Gasteiger charge is 2.26. The lowest BCUT2D eigenvalue weighted by atomic mass is 10.2. The Balaban J connectivity index is 2.01. The summed E-state index contributed by atoms with van der Waals surface area (Å²) in [6.45, 7) is 5.63. The number of amides is 1. The molecule has 1 saturated heterocycles. The summed E-state index contributed by atoms with van der Waals surface area (Å²) in [5.41, 5.74) is 1.93. The van der Waals surface area contributed by atoms with Gasteiger partial charge in [0.25, 0.3) is 0 Å². The van der Waals surface area contributed by atoms with Gasteiger partial charge < -0.3 is 9.64 Å². The topological polar surface area (TPSA) is 66.9 Å². The van der Waals surface area contributed by atoms with Crippen LogP contribution in [0.3, 0.4) is 0 Å². The van der Waals surface area contributed by atoms with Crippen molar-refractivity contribution in [2.75, 3.05) is 37.4 Å². The monoisotopic (exact) mass is 368 g/mol. The minimum atomic E-state index is -3.37. The van der Waals surface area contributed by atoms with Gasteiger partial charge in [0, 0.05) is 38.3 Å². The molecule has 1 aliphatic heterocycles. The van der Waals surface area contributed by atoms with Gasteiger partial charge in [-0.1, -0.05) is 12.1 Å². The number of aryl methyl sites for hydroxylation is 1. The molecular formula is C18H28N2O4S. The van der Waals surface area contributed by atoms with Crippen molar-refractivity contribution >= 4 is 21.6 Å². The summed E-state index contributed by atoms with van der Waals surface area (Å²) in [6, 6.07) is 7.76. The van der Waals surface area contributed by atoms with Crippen LogP contribution in [0, 0.1) is 6.92 Å². The van der Waals surface area contributed by atoms with Crippen LogP contribution in [0.25, 0.3) is 0 Å². The van der Waals surface area contributed by atoms with Crippen LogP contribution in [0.4, 0.5) is 5.69 Å². The summed E-state index contributed by atoms with van der Waals surface area (Å²) >= 11 is 0. The van der Waals surface area contributed by atoms with Crippen LogP contribution in [0.2, 0.25) is 0 Å². The van der Waals surface area contributed by atoms with E-state index in [1.807, 2.05) is 38.1 Å². The standard InChI is InChI=1S/C18H28N2O4S/c1-4-20(16-8-5-7-15(2)13-16)18(21)10-11-19(25(3,22)23)14-17-9-6-12-24-17/h5,7-8,13,17H,4,6,9-12,14H2,1-3H3. The number of hydrogen-bond donors (Lipinski definition) is 0. The molecule has 6 nitrogen and oxygen atoms in total. The Kier molecular flexibility index (Phi) is 6.98. The first-order chi connectivity index (χ1) is 11.8. The van der Waals surface area contributed by atoms with Crippen molar-refractivity contribution in [3.63, 3.8) is 0 Å². The first kappa shape index (κ1) is 19.9. The number of hydrogen-bond acceptors (Lipinski definition) is 4. The van der Waals surface area contributed by atoms with Crippen LogP contribution in [0.5, 0.6) is 0 Å². The van der Waals surface area contributed by atoms with Gasteiger partial charge in [-0.05, 0) is 44.4 Å². The molecule has 0 bridgehead atoms. The number of carbonyl (C=O) groups is 1. The molecule has 1 atom stereocenters. The SMILES string of the molecule is CCN(C(=O)CCN(CC1CCCO1)S(C)(=O)=O)c1cccc(C)c1. The van der Waals surface area contributed by atoms with Crippen LogP contribution in [-0.2, 0) is 19.6 Å². The number of anilines is 1. The molecular weight excluding hydrogens is 340 g/mol. The fourth-order valence-corrected chi connectivity index (χ4v) is 3.92. The lowest BCUT2D eigenvalue weighted by Gasteiger charge is -2.25. The van der Waals surface area contributed by atoms with Gasteiger partial charge in [0.15, 0.2) is 0 Å². The molecule has 1 aliphatic rings. The molecule has 1 heterocycles. The summed E-state index contributed by atoms with van der Waals surface area (Å²) in [7, 11) is -3.37. The lowest BCUT2D eigenvalue weighted by Crippen LogP contribution is -2.40. The Morgan fingerprint density at radius 3 is 2.68 bits per heavy atom. The van der Waals surface area contributed by atoms with Crippen LogP contribution in [-0.4, -0.2) is 57.2 Å². The summed E-state index contributed by atoms with van der Waals surface area (Å²) in [5, 5.41) is 0. The largest absolute Gasteiger partial charge is 0.377 e. The molecule has 1 aromatic rings. The normalized spacial score (nSPS) is 17.8. The van der Waals surface area contributed by atoms with Gasteiger partial charge in [-0.25, -0.2) is 8.42 Å². The van der Waals surface area contributed by atoms with Gasteiger partial charge in [-0.3, -0.25) is 4.79 Å². The Morgan fingerprint density at radius 2 is 2.12 bits per heavy atom. The van der Waals surface area contributed by atoms with Crippen LogP contribution in [0.15, 0.2) is 24.3 Å². The zero-order valence-electron chi connectivity index (χ0n) is 15.3. The molecule has 1 aromatic carbocycles. The number of sulfonamides is 1. The van der Waals surface area contributed by atoms with Crippen molar-refractivity contribution in [3.05, 3.63) is 29.8 Å². The molecule has 7 heteroatoms. The van der Waals surface area contributed by atoms with Gasteiger partial charge in [0.1, 0.15) is 0 Å². The van der Waals surface area contributed by atoms with E-state index in [2.05, 4.69) is 0 Å². The fraction of sp³-hybridized carbons (Fsp3) is 0.611. The van der Waals surface area contributed by atoms with E-state index < -0.39 is 10.0 Å². The van der Waals surface area contributed by atoms with Crippen LogP contribution < -0.4 is 4.90 Å². The second-order valence-corrected chi connectivity index (χ2v) is 8.47. The van der Waals surface area contributed by atoms with E-state index >= 15 is 0 Å². The summed E-state index contributed by atoms with van der Waals surface area (Å²) in [5.74, 6) is -0.0749. The maximum absolute atomic E-state index is 12.6. The molecule has 0 radical (unpaired) electrons. The third-order valence-corrected chi connectivity index (χ3v) is 5.68. The molecule has 0 aliphatic carbocycles. The number of rotatable bonds is 8. The van der Waals surface area contributed by atoms with Gasteiger partial charge >= 0.3 is 0 Å². The van der Waals surface area contributed by atoms with Crippen molar-refractivity contribution < 1.29 is 17.9 Å². The van der Waals surface area contributed by atoms with Crippen LogP contribution >= 0.6 is 0 Å². The zero-order chi connectivity index (χ0) is 18.4. The first-order valence-corrected chi connectivity index (χ1v) is 10.6. The molecule has 0 saturated carbocycles. The van der Waals surface area contributed by atoms with E-state index in [0.717, 1.165) is 24.1 Å². The summed E-state index contributed by atoms with van der Waals surface area (Å²) in [6.07, 6.45) is 3.10. The third-order valence-electron chi connectivity index (χ3n) is 4.41. The average molecular weight is 368 g/mol. The van der Waals surface area contributed by atoms with Gasteiger partial charge in [0.05, 0.1) is 12.4 Å². The molecule has 1 amide bonds. The van der Waals surface area contributed by atoms with Crippen molar-refractivity contribution in [1.29, 1.82) is 0 Å². The predicted molar refractivity (Wildman–Crippen MR) is 99.2 cm³/mol. The summed E-state index contributed by atoms with van der Waals surface area (Å²) in [4.78, 5) is 14.3. The smallest absolute Gasteiger partial charge is 0.228 e. The predicted octanol–water partition coefficient (Wildman–Crippen LogP) is 2.18. The third kappa shape index (κ3) is 5.80. The van der Waals surface area contributed by atoms with Gasteiger partial charge in [-0.15, -0.1) is 0 Å². The van der Waals surface area contributed by atoms with Crippen molar-refractivity contribution in [1.82, 2.24) is 4.31 Å². The maximum atomic E-state index is 12.6. The quantitative estimate of drug-likeness (QED) is 0.705. The van der Waals surface area contributed by atoms with Crippen molar-refractivity contribution in [2.24, 2.45) is 0 Å². The van der Waals surface area contributed by atoms with E-state index in [0.29, 0.717) is 19.7 Å². The maximum Gasteiger partial charge on any atom is 0.228 e. The van der Waals surface area contributed by atoms with Gasteiger partial charge in [0.2, 0.25) is 15.9 Å². The molecule has 25 heavy (non-hydrogen) atoms. The Bertz CT molecular complexity index is 684. The van der Waals surface area contributed by atoms with E-state index in [1.165, 1.54) is 10.6 Å².